The van der Waals surface area contributed by atoms with E-state index in [2.05, 4.69) is 12.0 Å². The SMILES string of the molecule is CCc1nn(CCC(N)=O)c2c1C(N)CCC2. The van der Waals surface area contributed by atoms with Gasteiger partial charge in [-0.05, 0) is 25.7 Å². The first-order valence-electron chi connectivity index (χ1n) is 6.25. The first-order chi connectivity index (χ1) is 8.13. The van der Waals surface area contributed by atoms with Crippen molar-refractivity contribution in [1.82, 2.24) is 9.78 Å². The highest BCUT2D eigenvalue weighted by atomic mass is 16.1. The van der Waals surface area contributed by atoms with Gasteiger partial charge in [0.2, 0.25) is 5.91 Å². The zero-order chi connectivity index (χ0) is 12.4. The Morgan fingerprint density at radius 2 is 2.35 bits per heavy atom. The van der Waals surface area contributed by atoms with Crippen molar-refractivity contribution in [1.29, 1.82) is 0 Å². The van der Waals surface area contributed by atoms with Crippen LogP contribution in [-0.4, -0.2) is 15.7 Å². The fraction of sp³-hybridized carbons (Fsp3) is 0.667. The number of nitrogens with two attached hydrogens (primary N) is 2. The van der Waals surface area contributed by atoms with E-state index in [1.165, 1.54) is 11.3 Å². The maximum absolute atomic E-state index is 10.8. The topological polar surface area (TPSA) is 86.9 Å². The van der Waals surface area contributed by atoms with E-state index in [0.29, 0.717) is 13.0 Å². The molecule has 1 unspecified atom stereocenters. The lowest BCUT2D eigenvalue weighted by molar-refractivity contribution is -0.118. The molecule has 0 radical (unpaired) electrons. The minimum Gasteiger partial charge on any atom is -0.370 e. The van der Waals surface area contributed by atoms with Crippen molar-refractivity contribution in [3.63, 3.8) is 0 Å². The second-order valence-corrected chi connectivity index (χ2v) is 4.60. The molecule has 1 aromatic heterocycles. The molecule has 0 spiro atoms. The smallest absolute Gasteiger partial charge is 0.219 e. The minimum absolute atomic E-state index is 0.107. The number of carbonyl (C=O) groups is 1. The van der Waals surface area contributed by atoms with Crippen molar-refractivity contribution in [3.8, 4) is 0 Å². The van der Waals surface area contributed by atoms with E-state index < -0.39 is 0 Å². The van der Waals surface area contributed by atoms with Crippen LogP contribution in [0.4, 0.5) is 0 Å². The number of fused-ring (bicyclic) bond motifs is 1. The van der Waals surface area contributed by atoms with E-state index >= 15 is 0 Å². The van der Waals surface area contributed by atoms with Crippen LogP contribution < -0.4 is 11.5 Å². The molecule has 1 amide bonds. The second kappa shape index (κ2) is 4.87. The van der Waals surface area contributed by atoms with Gasteiger partial charge < -0.3 is 11.5 Å². The van der Waals surface area contributed by atoms with Crippen LogP contribution in [-0.2, 0) is 24.2 Å². The zero-order valence-electron chi connectivity index (χ0n) is 10.3. The Kier molecular flexibility index (Phi) is 3.47. The van der Waals surface area contributed by atoms with E-state index in [1.807, 2.05) is 4.68 Å². The lowest BCUT2D eigenvalue weighted by Crippen LogP contribution is -2.20. The van der Waals surface area contributed by atoms with Gasteiger partial charge in [-0.1, -0.05) is 6.92 Å². The molecule has 0 aromatic carbocycles. The van der Waals surface area contributed by atoms with Gasteiger partial charge >= 0.3 is 0 Å². The molecule has 2 rings (SSSR count). The third-order valence-electron chi connectivity index (χ3n) is 3.38. The fourth-order valence-electron chi connectivity index (χ4n) is 2.55. The van der Waals surface area contributed by atoms with Crippen molar-refractivity contribution in [3.05, 3.63) is 17.0 Å². The maximum Gasteiger partial charge on any atom is 0.219 e. The Morgan fingerprint density at radius 3 is 3.00 bits per heavy atom. The Labute approximate surface area is 101 Å². The number of primary amides is 1. The van der Waals surface area contributed by atoms with Crippen LogP contribution in [0.3, 0.4) is 0 Å². The highest BCUT2D eigenvalue weighted by Gasteiger charge is 2.25. The predicted octanol–water partition coefficient (Wildman–Crippen LogP) is 0.657. The lowest BCUT2D eigenvalue weighted by atomic mass is 9.91. The molecule has 1 aliphatic rings. The summed E-state index contributed by atoms with van der Waals surface area (Å²) in [7, 11) is 0. The number of carbonyl (C=O) groups excluding carboxylic acids is 1. The summed E-state index contributed by atoms with van der Waals surface area (Å²) in [5, 5.41) is 4.56. The van der Waals surface area contributed by atoms with Gasteiger partial charge in [-0.2, -0.15) is 5.10 Å². The molecular weight excluding hydrogens is 216 g/mol. The molecule has 0 saturated heterocycles. The number of hydrogen-bond acceptors (Lipinski definition) is 3. The molecule has 17 heavy (non-hydrogen) atoms. The summed E-state index contributed by atoms with van der Waals surface area (Å²) in [6.45, 7) is 2.66. The largest absolute Gasteiger partial charge is 0.370 e. The third kappa shape index (κ3) is 2.34. The normalized spacial score (nSPS) is 19.1. The summed E-state index contributed by atoms with van der Waals surface area (Å²) in [6.07, 6.45) is 4.36. The molecular formula is C12H20N4O. The molecule has 0 fully saturated rings. The van der Waals surface area contributed by atoms with Gasteiger partial charge in [0.05, 0.1) is 5.69 Å². The number of hydrogen-bond donors (Lipinski definition) is 2. The molecule has 5 nitrogen and oxygen atoms in total. The Hall–Kier alpha value is -1.36. The molecule has 0 saturated carbocycles. The standard InChI is InChI=1S/C12H20N4O/c1-2-9-12-8(13)4-3-5-10(12)16(15-9)7-6-11(14)17/h8H,2-7,13H2,1H3,(H2,14,17). The molecule has 5 heteroatoms. The van der Waals surface area contributed by atoms with Crippen LogP contribution in [0, 0.1) is 0 Å². The van der Waals surface area contributed by atoms with Crippen LogP contribution in [0.5, 0.6) is 0 Å². The van der Waals surface area contributed by atoms with Crippen LogP contribution >= 0.6 is 0 Å². The molecule has 0 aliphatic heterocycles. The summed E-state index contributed by atoms with van der Waals surface area (Å²) >= 11 is 0. The van der Waals surface area contributed by atoms with Gasteiger partial charge in [-0.15, -0.1) is 0 Å². The first kappa shape index (κ1) is 12.1. The van der Waals surface area contributed by atoms with E-state index in [1.54, 1.807) is 0 Å². The van der Waals surface area contributed by atoms with Gasteiger partial charge in [-0.25, -0.2) is 0 Å². The average molecular weight is 236 g/mol. The van der Waals surface area contributed by atoms with Gasteiger partial charge in [-0.3, -0.25) is 9.48 Å². The maximum atomic E-state index is 10.8. The van der Waals surface area contributed by atoms with Gasteiger partial charge in [0.25, 0.3) is 0 Å². The van der Waals surface area contributed by atoms with E-state index in [0.717, 1.165) is 31.4 Å². The van der Waals surface area contributed by atoms with Crippen molar-refractivity contribution in [2.24, 2.45) is 11.5 Å². The molecule has 1 aliphatic carbocycles. The van der Waals surface area contributed by atoms with Crippen molar-refractivity contribution >= 4 is 5.91 Å². The van der Waals surface area contributed by atoms with Gasteiger partial charge in [0.1, 0.15) is 0 Å². The van der Waals surface area contributed by atoms with E-state index in [4.69, 9.17) is 11.5 Å². The van der Waals surface area contributed by atoms with Crippen LogP contribution in [0.25, 0.3) is 0 Å². The van der Waals surface area contributed by atoms with Crippen LogP contribution in [0.1, 0.15) is 49.2 Å². The monoisotopic (exact) mass is 236 g/mol. The molecule has 94 valence electrons. The van der Waals surface area contributed by atoms with Crippen LogP contribution in [0.2, 0.25) is 0 Å². The van der Waals surface area contributed by atoms with Gasteiger partial charge in [0, 0.05) is 30.3 Å². The van der Waals surface area contributed by atoms with Crippen molar-refractivity contribution in [2.45, 2.75) is 51.6 Å². The Balaban J connectivity index is 2.30. The second-order valence-electron chi connectivity index (χ2n) is 4.60. The van der Waals surface area contributed by atoms with Gasteiger partial charge in [0.15, 0.2) is 0 Å². The fourth-order valence-corrected chi connectivity index (χ4v) is 2.55. The summed E-state index contributed by atoms with van der Waals surface area (Å²) in [4.78, 5) is 10.8. The minimum atomic E-state index is -0.285. The molecule has 1 aromatic rings. The number of amides is 1. The average Bonchev–Trinajstić information content (AvgIpc) is 2.66. The third-order valence-corrected chi connectivity index (χ3v) is 3.38. The molecule has 1 atom stereocenters. The first-order valence-corrected chi connectivity index (χ1v) is 6.25. The Bertz CT molecular complexity index is 424. The van der Waals surface area contributed by atoms with Crippen molar-refractivity contribution in [2.75, 3.05) is 0 Å². The number of nitrogens with zero attached hydrogens (tertiary/aromatic N) is 2. The molecule has 0 bridgehead atoms. The Morgan fingerprint density at radius 1 is 1.59 bits per heavy atom. The van der Waals surface area contributed by atoms with Crippen LogP contribution in [0.15, 0.2) is 0 Å². The summed E-state index contributed by atoms with van der Waals surface area (Å²) < 4.78 is 1.93. The quantitative estimate of drug-likeness (QED) is 0.805. The van der Waals surface area contributed by atoms with Crippen molar-refractivity contribution < 1.29 is 4.79 Å². The lowest BCUT2D eigenvalue weighted by Gasteiger charge is -2.20. The predicted molar refractivity (Wildman–Crippen MR) is 65.3 cm³/mol. The summed E-state index contributed by atoms with van der Waals surface area (Å²) in [6, 6.07) is 0.107. The summed E-state index contributed by atoms with van der Waals surface area (Å²) in [5.74, 6) is -0.285. The zero-order valence-corrected chi connectivity index (χ0v) is 10.3. The van der Waals surface area contributed by atoms with E-state index in [-0.39, 0.29) is 11.9 Å². The summed E-state index contributed by atoms with van der Waals surface area (Å²) in [5.41, 5.74) is 14.8. The molecule has 1 heterocycles. The highest BCUT2D eigenvalue weighted by molar-refractivity contribution is 5.73. The number of aryl methyl sites for hydroxylation is 2. The highest BCUT2D eigenvalue weighted by Crippen LogP contribution is 2.31. The number of aromatic nitrogens is 2. The number of rotatable bonds is 4. The van der Waals surface area contributed by atoms with E-state index in [9.17, 15) is 4.79 Å². The molecule has 4 N–H and O–H groups in total.